The fraction of sp³-hybridized carbons (Fsp3) is 0.706. The number of aromatic nitrogens is 1. The Balaban J connectivity index is 1.50. The van der Waals surface area contributed by atoms with Crippen molar-refractivity contribution in [2.75, 3.05) is 12.4 Å². The molecule has 0 spiro atoms. The van der Waals surface area contributed by atoms with E-state index in [0.29, 0.717) is 28.7 Å². The number of nitrogens with zero attached hydrogens (tertiary/aromatic N) is 2. The normalized spacial score (nSPS) is 34.4. The van der Waals surface area contributed by atoms with Crippen LogP contribution in [0.25, 0.3) is 0 Å². The van der Waals surface area contributed by atoms with Gasteiger partial charge in [0.1, 0.15) is 5.69 Å². The van der Waals surface area contributed by atoms with Crippen molar-refractivity contribution in [2.24, 2.45) is 23.7 Å². The summed E-state index contributed by atoms with van der Waals surface area (Å²) < 4.78 is 0. The van der Waals surface area contributed by atoms with Crippen LogP contribution in [0.2, 0.25) is 0 Å². The van der Waals surface area contributed by atoms with Gasteiger partial charge in [0.25, 0.3) is 5.91 Å². The second kappa shape index (κ2) is 5.58. The van der Waals surface area contributed by atoms with E-state index in [1.165, 1.54) is 50.4 Å². The van der Waals surface area contributed by atoms with Crippen molar-refractivity contribution in [2.45, 2.75) is 45.1 Å². The monoisotopic (exact) mass is 333 g/mol. The van der Waals surface area contributed by atoms with Gasteiger partial charge in [-0.25, -0.2) is 4.98 Å². The summed E-state index contributed by atoms with van der Waals surface area (Å²) in [5, 5.41) is 4.90. The lowest BCUT2D eigenvalue weighted by atomic mass is 9.54. The highest BCUT2D eigenvalue weighted by Crippen LogP contribution is 2.55. The quantitative estimate of drug-likeness (QED) is 0.925. The number of carbonyl (C=O) groups excluding carboxylic acids is 2. The van der Waals surface area contributed by atoms with Crippen molar-refractivity contribution in [1.82, 2.24) is 9.88 Å². The SMILES string of the molecule is CC(=O)Nc1nc(C(=O)N(C)C2C3CC4CC(C3)CC2C4)cs1. The van der Waals surface area contributed by atoms with Crippen molar-refractivity contribution in [1.29, 1.82) is 0 Å². The third kappa shape index (κ3) is 2.67. The van der Waals surface area contributed by atoms with Crippen molar-refractivity contribution in [3.8, 4) is 0 Å². The van der Waals surface area contributed by atoms with Gasteiger partial charge >= 0.3 is 0 Å². The minimum Gasteiger partial charge on any atom is -0.337 e. The summed E-state index contributed by atoms with van der Waals surface area (Å²) >= 11 is 1.31. The van der Waals surface area contributed by atoms with Crippen LogP contribution < -0.4 is 5.32 Å². The number of anilines is 1. The van der Waals surface area contributed by atoms with Crippen molar-refractivity contribution >= 4 is 28.3 Å². The maximum atomic E-state index is 12.8. The second-order valence-corrected chi connectivity index (χ2v) is 8.41. The maximum absolute atomic E-state index is 12.8. The largest absolute Gasteiger partial charge is 0.337 e. The van der Waals surface area contributed by atoms with Crippen LogP contribution >= 0.6 is 11.3 Å². The predicted molar refractivity (Wildman–Crippen MR) is 89.3 cm³/mol. The van der Waals surface area contributed by atoms with Gasteiger partial charge in [-0.05, 0) is 55.8 Å². The van der Waals surface area contributed by atoms with Gasteiger partial charge in [-0.1, -0.05) is 0 Å². The molecule has 4 aliphatic carbocycles. The summed E-state index contributed by atoms with van der Waals surface area (Å²) in [6.45, 7) is 1.45. The first kappa shape index (κ1) is 15.1. The molecule has 4 saturated carbocycles. The lowest BCUT2D eigenvalue weighted by Gasteiger charge is -2.56. The van der Waals surface area contributed by atoms with Crippen molar-refractivity contribution in [3.63, 3.8) is 0 Å². The van der Waals surface area contributed by atoms with E-state index in [2.05, 4.69) is 10.3 Å². The summed E-state index contributed by atoms with van der Waals surface area (Å²) in [5.74, 6) is 3.00. The summed E-state index contributed by atoms with van der Waals surface area (Å²) in [5.41, 5.74) is 0.454. The van der Waals surface area contributed by atoms with Crippen molar-refractivity contribution in [3.05, 3.63) is 11.1 Å². The molecule has 4 fully saturated rings. The number of hydrogen-bond donors (Lipinski definition) is 1. The second-order valence-electron chi connectivity index (χ2n) is 7.56. The number of carbonyl (C=O) groups is 2. The average Bonchev–Trinajstić information content (AvgIpc) is 2.92. The Hall–Kier alpha value is -1.43. The molecule has 1 heterocycles. The third-order valence-electron chi connectivity index (χ3n) is 5.95. The molecule has 1 aromatic heterocycles. The Morgan fingerprint density at radius 1 is 1.17 bits per heavy atom. The number of amides is 2. The van der Waals surface area contributed by atoms with Gasteiger partial charge in [0.05, 0.1) is 0 Å². The molecule has 0 aromatic carbocycles. The van der Waals surface area contributed by atoms with E-state index < -0.39 is 0 Å². The van der Waals surface area contributed by atoms with Gasteiger partial charge in [0.15, 0.2) is 5.13 Å². The molecular weight excluding hydrogens is 310 g/mol. The average molecular weight is 333 g/mol. The minimum absolute atomic E-state index is 0.00433. The molecule has 4 aliphatic rings. The van der Waals surface area contributed by atoms with E-state index in [-0.39, 0.29) is 11.8 Å². The fourth-order valence-corrected chi connectivity index (χ4v) is 6.16. The molecule has 2 amide bonds. The Morgan fingerprint density at radius 2 is 1.78 bits per heavy atom. The van der Waals surface area contributed by atoms with Crippen molar-refractivity contribution < 1.29 is 9.59 Å². The molecule has 1 N–H and O–H groups in total. The van der Waals surface area contributed by atoms with Gasteiger partial charge in [0.2, 0.25) is 5.91 Å². The van der Waals surface area contributed by atoms with Crippen LogP contribution in [-0.2, 0) is 4.79 Å². The minimum atomic E-state index is -0.159. The van der Waals surface area contributed by atoms with Gasteiger partial charge in [-0.2, -0.15) is 0 Å². The molecule has 0 saturated heterocycles. The Morgan fingerprint density at radius 3 is 2.35 bits per heavy atom. The molecule has 124 valence electrons. The molecule has 6 heteroatoms. The molecule has 23 heavy (non-hydrogen) atoms. The first-order valence-electron chi connectivity index (χ1n) is 8.51. The molecule has 4 bridgehead atoms. The van der Waals surface area contributed by atoms with Crippen LogP contribution in [0.5, 0.6) is 0 Å². The first-order chi connectivity index (χ1) is 11.0. The number of thiazole rings is 1. The molecule has 5 nitrogen and oxygen atoms in total. The summed E-state index contributed by atoms with van der Waals surface area (Å²) in [6, 6.07) is 0.376. The highest BCUT2D eigenvalue weighted by atomic mass is 32.1. The van der Waals surface area contributed by atoms with Crippen LogP contribution in [0, 0.1) is 23.7 Å². The van der Waals surface area contributed by atoms with E-state index in [4.69, 9.17) is 0 Å². The zero-order valence-electron chi connectivity index (χ0n) is 13.6. The summed E-state index contributed by atoms with van der Waals surface area (Å²) in [6.07, 6.45) is 6.60. The number of rotatable bonds is 3. The van der Waals surface area contributed by atoms with Crippen LogP contribution in [0.1, 0.15) is 49.5 Å². The number of hydrogen-bond acceptors (Lipinski definition) is 4. The smallest absolute Gasteiger partial charge is 0.273 e. The van der Waals surface area contributed by atoms with Gasteiger partial charge in [0, 0.05) is 25.4 Å². The topological polar surface area (TPSA) is 62.3 Å². The summed E-state index contributed by atoms with van der Waals surface area (Å²) in [7, 11) is 1.94. The molecular formula is C17H23N3O2S. The maximum Gasteiger partial charge on any atom is 0.273 e. The third-order valence-corrected chi connectivity index (χ3v) is 6.71. The Labute approximate surface area is 140 Å². The molecule has 0 unspecified atom stereocenters. The van der Waals surface area contributed by atoms with Crippen LogP contribution in [0.4, 0.5) is 5.13 Å². The van der Waals surface area contributed by atoms with Crippen LogP contribution in [-0.4, -0.2) is 34.8 Å². The zero-order chi connectivity index (χ0) is 16.1. The first-order valence-corrected chi connectivity index (χ1v) is 9.39. The lowest BCUT2D eigenvalue weighted by molar-refractivity contribution is -0.114. The standard InChI is InChI=1S/C17H23N3O2S/c1-9(21)18-17-19-14(8-23-17)16(22)20(2)15-12-4-10-3-11(6-12)7-13(15)5-10/h8,10-13,15H,3-7H2,1-2H3,(H,18,19,21). The highest BCUT2D eigenvalue weighted by molar-refractivity contribution is 7.14. The molecule has 1 aromatic rings. The van der Waals surface area contributed by atoms with Gasteiger partial charge < -0.3 is 10.2 Å². The molecule has 0 aliphatic heterocycles. The highest BCUT2D eigenvalue weighted by Gasteiger charge is 2.50. The van der Waals surface area contributed by atoms with E-state index in [0.717, 1.165) is 11.8 Å². The Bertz CT molecular complexity index is 614. The van der Waals surface area contributed by atoms with E-state index in [9.17, 15) is 9.59 Å². The van der Waals surface area contributed by atoms with Crippen LogP contribution in [0.15, 0.2) is 5.38 Å². The lowest BCUT2D eigenvalue weighted by Crippen LogP contribution is -2.56. The Kier molecular flexibility index (Phi) is 3.67. The molecule has 0 radical (unpaired) electrons. The van der Waals surface area contributed by atoms with E-state index in [1.54, 1.807) is 5.38 Å². The number of nitrogens with one attached hydrogen (secondary N) is 1. The molecule has 5 rings (SSSR count). The van der Waals surface area contributed by atoms with Crippen LogP contribution in [0.3, 0.4) is 0 Å². The fourth-order valence-electron chi connectivity index (χ4n) is 5.42. The molecule has 0 atom stereocenters. The van der Waals surface area contributed by atoms with Gasteiger partial charge in [-0.3, -0.25) is 9.59 Å². The zero-order valence-corrected chi connectivity index (χ0v) is 14.4. The van der Waals surface area contributed by atoms with E-state index >= 15 is 0 Å². The predicted octanol–water partition coefficient (Wildman–Crippen LogP) is 3.00. The van der Waals surface area contributed by atoms with Gasteiger partial charge in [-0.15, -0.1) is 11.3 Å². The van der Waals surface area contributed by atoms with E-state index in [1.807, 2.05) is 11.9 Å². The summed E-state index contributed by atoms with van der Waals surface area (Å²) in [4.78, 5) is 30.1.